The van der Waals surface area contributed by atoms with Crippen LogP contribution in [0.2, 0.25) is 0 Å². The van der Waals surface area contributed by atoms with Gasteiger partial charge in [-0.05, 0) is 51.0 Å². The average molecular weight is 258 g/mol. The molecule has 0 amide bonds. The van der Waals surface area contributed by atoms with Gasteiger partial charge in [-0.15, -0.1) is 0 Å². The molecule has 2 heteroatoms. The van der Waals surface area contributed by atoms with E-state index in [4.69, 9.17) is 4.74 Å². The fourth-order valence-corrected chi connectivity index (χ4v) is 3.47. The molecule has 0 aromatic heterocycles. The number of fused-ring (bicyclic) bond motifs is 1. The van der Waals surface area contributed by atoms with Crippen molar-refractivity contribution < 1.29 is 9.53 Å². The lowest BCUT2D eigenvalue weighted by Gasteiger charge is -2.18. The summed E-state index contributed by atoms with van der Waals surface area (Å²) >= 11 is 0. The molecule has 1 fully saturated rings. The van der Waals surface area contributed by atoms with Crippen LogP contribution in [0, 0.1) is 5.92 Å². The number of carbonyl (C=O) groups is 1. The molecule has 0 spiro atoms. The van der Waals surface area contributed by atoms with Crippen molar-refractivity contribution in [3.05, 3.63) is 35.4 Å². The van der Waals surface area contributed by atoms with Crippen LogP contribution in [-0.2, 0) is 11.2 Å². The van der Waals surface area contributed by atoms with Gasteiger partial charge in [0.05, 0.1) is 12.2 Å². The van der Waals surface area contributed by atoms with Crippen molar-refractivity contribution in [2.45, 2.75) is 57.7 Å². The summed E-state index contributed by atoms with van der Waals surface area (Å²) in [6, 6.07) is 8.11. The number of carbonyl (C=O) groups excluding carboxylic acids is 1. The zero-order valence-electron chi connectivity index (χ0n) is 11.6. The van der Waals surface area contributed by atoms with Crippen molar-refractivity contribution in [3.8, 4) is 0 Å². The van der Waals surface area contributed by atoms with Gasteiger partial charge in [-0.3, -0.25) is 4.79 Å². The van der Waals surface area contributed by atoms with Crippen LogP contribution in [0.4, 0.5) is 0 Å². The van der Waals surface area contributed by atoms with Crippen LogP contribution >= 0.6 is 0 Å². The van der Waals surface area contributed by atoms with Crippen molar-refractivity contribution in [2.75, 3.05) is 0 Å². The molecule has 19 heavy (non-hydrogen) atoms. The van der Waals surface area contributed by atoms with E-state index in [-0.39, 0.29) is 5.92 Å². The molecule has 1 aliphatic heterocycles. The van der Waals surface area contributed by atoms with Crippen LogP contribution in [-0.4, -0.2) is 18.0 Å². The lowest BCUT2D eigenvalue weighted by molar-refractivity contribution is 0.0383. The van der Waals surface area contributed by atoms with E-state index < -0.39 is 0 Å². The molecule has 0 N–H and O–H groups in total. The van der Waals surface area contributed by atoms with Crippen molar-refractivity contribution in [2.24, 2.45) is 5.92 Å². The summed E-state index contributed by atoms with van der Waals surface area (Å²) in [5, 5.41) is 0. The van der Waals surface area contributed by atoms with Gasteiger partial charge in [0.1, 0.15) is 0 Å². The van der Waals surface area contributed by atoms with Gasteiger partial charge < -0.3 is 4.74 Å². The summed E-state index contributed by atoms with van der Waals surface area (Å²) in [5.74, 6) is 0.509. The highest BCUT2D eigenvalue weighted by Gasteiger charge is 2.30. The summed E-state index contributed by atoms with van der Waals surface area (Å²) in [6.07, 6.45) is 7.02. The summed E-state index contributed by atoms with van der Waals surface area (Å²) in [4.78, 5) is 12.7. The maximum atomic E-state index is 12.7. The average Bonchev–Trinajstić information content (AvgIpc) is 2.75. The summed E-state index contributed by atoms with van der Waals surface area (Å²) in [7, 11) is 0. The number of benzene rings is 1. The molecule has 0 bridgehead atoms. The Morgan fingerprint density at radius 1 is 1.21 bits per heavy atom. The molecule has 0 radical (unpaired) electrons. The Morgan fingerprint density at radius 2 is 2.05 bits per heavy atom. The van der Waals surface area contributed by atoms with Crippen LogP contribution in [0.15, 0.2) is 24.3 Å². The second kappa shape index (κ2) is 5.46. The largest absolute Gasteiger partial charge is 0.375 e. The number of hydrogen-bond donors (Lipinski definition) is 0. The Bertz CT molecular complexity index is 466. The topological polar surface area (TPSA) is 26.3 Å². The lowest BCUT2D eigenvalue weighted by atomic mass is 9.89. The van der Waals surface area contributed by atoms with Crippen LogP contribution in [0.5, 0.6) is 0 Å². The van der Waals surface area contributed by atoms with Gasteiger partial charge in [-0.1, -0.05) is 24.3 Å². The van der Waals surface area contributed by atoms with E-state index in [1.54, 1.807) is 0 Å². The van der Waals surface area contributed by atoms with Crippen LogP contribution in [0.1, 0.15) is 54.9 Å². The van der Waals surface area contributed by atoms with Gasteiger partial charge in [0.2, 0.25) is 0 Å². The summed E-state index contributed by atoms with van der Waals surface area (Å²) in [6.45, 7) is 2.13. The molecule has 1 saturated heterocycles. The molecule has 2 nitrogen and oxygen atoms in total. The van der Waals surface area contributed by atoms with E-state index in [0.29, 0.717) is 18.0 Å². The molecule has 3 rings (SSSR count). The minimum absolute atomic E-state index is 0.166. The third-order valence-electron chi connectivity index (χ3n) is 4.52. The lowest BCUT2D eigenvalue weighted by Crippen LogP contribution is -2.21. The highest BCUT2D eigenvalue weighted by Crippen LogP contribution is 2.31. The second-order valence-corrected chi connectivity index (χ2v) is 5.99. The zero-order valence-corrected chi connectivity index (χ0v) is 11.6. The second-order valence-electron chi connectivity index (χ2n) is 5.99. The Labute approximate surface area is 115 Å². The number of Topliss-reactive ketones (excluding diaryl/α,β-unsaturated/α-hetero) is 1. The van der Waals surface area contributed by atoms with Gasteiger partial charge in [0.15, 0.2) is 5.78 Å². The number of aryl methyl sites for hydroxylation is 1. The Morgan fingerprint density at radius 3 is 2.84 bits per heavy atom. The fraction of sp³-hybridized carbons (Fsp3) is 0.588. The summed E-state index contributed by atoms with van der Waals surface area (Å²) in [5.41, 5.74) is 2.19. The highest BCUT2D eigenvalue weighted by atomic mass is 16.5. The summed E-state index contributed by atoms with van der Waals surface area (Å²) < 4.78 is 5.89. The minimum atomic E-state index is 0.166. The van der Waals surface area contributed by atoms with Gasteiger partial charge in [0.25, 0.3) is 0 Å². The van der Waals surface area contributed by atoms with Crippen molar-refractivity contribution in [3.63, 3.8) is 0 Å². The third kappa shape index (κ3) is 2.74. The Hall–Kier alpha value is -1.15. The van der Waals surface area contributed by atoms with Gasteiger partial charge in [-0.25, -0.2) is 0 Å². The Balaban J connectivity index is 1.74. The predicted octanol–water partition coefficient (Wildman–Crippen LogP) is 3.78. The number of ketones is 1. The Kier molecular flexibility index (Phi) is 3.69. The van der Waals surface area contributed by atoms with E-state index in [1.165, 1.54) is 5.56 Å². The molecule has 1 aromatic carbocycles. The van der Waals surface area contributed by atoms with Crippen LogP contribution < -0.4 is 0 Å². The number of hydrogen-bond acceptors (Lipinski definition) is 2. The van der Waals surface area contributed by atoms with E-state index in [1.807, 2.05) is 18.2 Å². The first kappa shape index (κ1) is 12.9. The zero-order chi connectivity index (χ0) is 13.2. The van der Waals surface area contributed by atoms with E-state index >= 15 is 0 Å². The maximum Gasteiger partial charge on any atom is 0.166 e. The molecule has 3 unspecified atom stereocenters. The van der Waals surface area contributed by atoms with Gasteiger partial charge in [0, 0.05) is 11.5 Å². The molecule has 1 aliphatic carbocycles. The van der Waals surface area contributed by atoms with Crippen molar-refractivity contribution in [1.29, 1.82) is 0 Å². The van der Waals surface area contributed by atoms with Crippen molar-refractivity contribution >= 4 is 5.78 Å². The van der Waals surface area contributed by atoms with E-state index in [2.05, 4.69) is 13.0 Å². The minimum Gasteiger partial charge on any atom is -0.375 e. The quantitative estimate of drug-likeness (QED) is 0.755. The standard InChI is InChI=1S/C17H22O2/c1-12-9-10-15(19-12)11-14-7-4-6-13-5-2-3-8-16(13)17(14)18/h2-3,5,8,12,14-15H,4,6-7,9-11H2,1H3. The smallest absolute Gasteiger partial charge is 0.166 e. The number of ether oxygens (including phenoxy) is 1. The molecular formula is C17H22O2. The molecular weight excluding hydrogens is 236 g/mol. The molecule has 2 aliphatic rings. The molecule has 0 saturated carbocycles. The maximum absolute atomic E-state index is 12.7. The fourth-order valence-electron chi connectivity index (χ4n) is 3.47. The SMILES string of the molecule is CC1CCC(CC2CCCc3ccccc3C2=O)O1. The normalized spacial score (nSPS) is 31.0. The first-order valence-corrected chi connectivity index (χ1v) is 7.51. The van der Waals surface area contributed by atoms with Gasteiger partial charge in [-0.2, -0.15) is 0 Å². The number of rotatable bonds is 2. The highest BCUT2D eigenvalue weighted by molar-refractivity contribution is 5.99. The molecule has 3 atom stereocenters. The first-order valence-electron chi connectivity index (χ1n) is 7.51. The monoisotopic (exact) mass is 258 g/mol. The van der Waals surface area contributed by atoms with Crippen LogP contribution in [0.25, 0.3) is 0 Å². The van der Waals surface area contributed by atoms with E-state index in [9.17, 15) is 4.79 Å². The van der Waals surface area contributed by atoms with E-state index in [0.717, 1.165) is 44.1 Å². The van der Waals surface area contributed by atoms with Crippen LogP contribution in [0.3, 0.4) is 0 Å². The third-order valence-corrected chi connectivity index (χ3v) is 4.52. The molecule has 1 aromatic rings. The van der Waals surface area contributed by atoms with Crippen molar-refractivity contribution in [1.82, 2.24) is 0 Å². The predicted molar refractivity (Wildman–Crippen MR) is 75.4 cm³/mol. The first-order chi connectivity index (χ1) is 9.24. The molecule has 102 valence electrons. The van der Waals surface area contributed by atoms with Gasteiger partial charge >= 0.3 is 0 Å². The molecule has 1 heterocycles.